The van der Waals surface area contributed by atoms with E-state index in [4.69, 9.17) is 58.0 Å². The lowest BCUT2D eigenvalue weighted by Gasteiger charge is -1.98. The van der Waals surface area contributed by atoms with Gasteiger partial charge in [0.2, 0.25) is 0 Å². The Hall–Kier alpha value is 1.96. The van der Waals surface area contributed by atoms with Crippen molar-refractivity contribution in [3.63, 3.8) is 0 Å². The highest BCUT2D eigenvalue weighted by atomic mass is 35.5. The molecule has 76 valence electrons. The van der Waals surface area contributed by atoms with E-state index in [9.17, 15) is 4.39 Å². The van der Waals surface area contributed by atoms with Crippen LogP contribution in [0.5, 0.6) is 0 Å². The minimum Gasteiger partial charge on any atom is -0.207 e. The number of hydrogen-bond donors (Lipinski definition) is 0. The summed E-state index contributed by atoms with van der Waals surface area (Å²) in [5.41, 5.74) is 0. The standard InChI is InChI=1S/C2H2Cl4.C2H2Cl3F/c3-1(4)2(5)6;3-1-2(4,5)6/h1-2H;1H2. The third kappa shape index (κ3) is 17.9. The molecule has 0 spiro atoms. The Kier molecular flexibility index (Phi) is 11.3. The molecule has 0 bridgehead atoms. The predicted octanol–water partition coefficient (Wildman–Crippen LogP) is 4.92. The van der Waals surface area contributed by atoms with Crippen molar-refractivity contribution in [3.05, 3.63) is 0 Å². The van der Waals surface area contributed by atoms with Crippen molar-refractivity contribution in [2.45, 2.75) is 14.3 Å². The maximum absolute atomic E-state index is 11.5. The van der Waals surface area contributed by atoms with Crippen LogP contribution in [-0.2, 0) is 0 Å². The number of halogens is 8. The van der Waals surface area contributed by atoms with Gasteiger partial charge in [0.15, 0.2) is 0 Å². The topological polar surface area (TPSA) is 0 Å². The maximum Gasteiger partial charge on any atom is 0.270 e. The van der Waals surface area contributed by atoms with Crippen LogP contribution < -0.4 is 0 Å². The number of hydrogen-bond acceptors (Lipinski definition) is 0. The number of alkyl halides is 8. The van der Waals surface area contributed by atoms with Gasteiger partial charge in [-0.15, -0.1) is 58.0 Å². The molecule has 0 rings (SSSR count). The van der Waals surface area contributed by atoms with E-state index in [0.717, 1.165) is 0 Å². The largest absolute Gasteiger partial charge is 0.270 e. The zero-order chi connectivity index (χ0) is 10.4. The molecule has 0 aromatic carbocycles. The van der Waals surface area contributed by atoms with E-state index in [0.29, 0.717) is 0 Å². The molecule has 0 aliphatic rings. The van der Waals surface area contributed by atoms with Gasteiger partial charge in [-0.3, -0.25) is 0 Å². The Bertz CT molecular complexity index is 92.1. The van der Waals surface area contributed by atoms with Crippen LogP contribution in [0.1, 0.15) is 0 Å². The molecule has 0 fully saturated rings. The average molecular weight is 319 g/mol. The zero-order valence-corrected chi connectivity index (χ0v) is 10.7. The fourth-order valence-corrected chi connectivity index (χ4v) is 0. The minimum absolute atomic E-state index is 0.393. The molecule has 0 saturated carbocycles. The molecule has 0 aromatic rings. The van der Waals surface area contributed by atoms with Crippen molar-refractivity contribution < 1.29 is 4.39 Å². The summed E-state index contributed by atoms with van der Waals surface area (Å²) >= 11 is 34.7. The minimum atomic E-state index is -2.25. The first-order valence-corrected chi connectivity index (χ1v) is 5.43. The Morgan fingerprint density at radius 2 is 1.17 bits per heavy atom. The van der Waals surface area contributed by atoms with Crippen LogP contribution in [-0.4, -0.2) is 20.1 Å². The van der Waals surface area contributed by atoms with Crippen molar-refractivity contribution >= 4 is 81.2 Å². The van der Waals surface area contributed by atoms with Crippen molar-refractivity contribution in [2.75, 3.05) is 5.88 Å². The van der Waals surface area contributed by atoms with Crippen LogP contribution in [0, 0.1) is 0 Å². The first-order chi connectivity index (χ1) is 5.20. The summed E-state index contributed by atoms with van der Waals surface area (Å²) in [5.74, 6) is -0.393. The van der Waals surface area contributed by atoms with Crippen LogP contribution >= 0.6 is 81.2 Å². The normalized spacial score (nSPS) is 11.5. The first-order valence-electron chi connectivity index (χ1n) is 2.39. The van der Waals surface area contributed by atoms with E-state index >= 15 is 0 Å². The summed E-state index contributed by atoms with van der Waals surface area (Å²) in [7, 11) is 0. The van der Waals surface area contributed by atoms with Crippen molar-refractivity contribution in [1.29, 1.82) is 0 Å². The van der Waals surface area contributed by atoms with E-state index in [2.05, 4.69) is 23.2 Å². The molecule has 0 aromatic heterocycles. The predicted molar refractivity (Wildman–Crippen MR) is 57.3 cm³/mol. The van der Waals surface area contributed by atoms with E-state index < -0.39 is 20.1 Å². The molecular weight excluding hydrogens is 315 g/mol. The molecule has 0 atom stereocenters. The zero-order valence-electron chi connectivity index (χ0n) is 5.39. The Morgan fingerprint density at radius 1 is 1.00 bits per heavy atom. The Balaban J connectivity index is 0. The lowest BCUT2D eigenvalue weighted by molar-refractivity contribution is 0.428. The highest BCUT2D eigenvalue weighted by Gasteiger charge is 2.18. The summed E-state index contributed by atoms with van der Waals surface area (Å²) in [6, 6.07) is 0. The van der Waals surface area contributed by atoms with Gasteiger partial charge in [-0.1, -0.05) is 23.2 Å². The van der Waals surface area contributed by atoms with Crippen LogP contribution in [0.15, 0.2) is 0 Å². The molecular formula is C4H4Cl7F. The summed E-state index contributed by atoms with van der Waals surface area (Å²) < 4.78 is 9.27. The third-order valence-electron chi connectivity index (χ3n) is 0.342. The smallest absolute Gasteiger partial charge is 0.207 e. The van der Waals surface area contributed by atoms with Gasteiger partial charge >= 0.3 is 0 Å². The monoisotopic (exact) mass is 316 g/mol. The highest BCUT2D eigenvalue weighted by Crippen LogP contribution is 2.22. The van der Waals surface area contributed by atoms with Gasteiger partial charge in [0, 0.05) is 0 Å². The maximum atomic E-state index is 11.5. The fourth-order valence-electron chi connectivity index (χ4n) is 0. The molecule has 0 heterocycles. The quantitative estimate of drug-likeness (QED) is 0.634. The first kappa shape index (κ1) is 16.4. The van der Waals surface area contributed by atoms with Crippen LogP contribution in [0.2, 0.25) is 0 Å². The Labute approximate surface area is 105 Å². The molecule has 0 aliphatic heterocycles. The van der Waals surface area contributed by atoms with Gasteiger partial charge in [0.05, 0.1) is 5.88 Å². The molecule has 0 radical (unpaired) electrons. The molecule has 0 saturated heterocycles. The summed E-state index contributed by atoms with van der Waals surface area (Å²) in [6.45, 7) is 0. The summed E-state index contributed by atoms with van der Waals surface area (Å²) in [4.78, 5) is -1.35. The molecule has 0 N–H and O–H groups in total. The van der Waals surface area contributed by atoms with Crippen molar-refractivity contribution in [3.8, 4) is 0 Å². The van der Waals surface area contributed by atoms with E-state index in [1.165, 1.54) is 0 Å². The fraction of sp³-hybridized carbons (Fsp3) is 1.00. The van der Waals surface area contributed by atoms with Crippen molar-refractivity contribution in [1.82, 2.24) is 0 Å². The molecule has 0 unspecified atom stereocenters. The molecule has 0 amide bonds. The van der Waals surface area contributed by atoms with Crippen LogP contribution in [0.25, 0.3) is 0 Å². The van der Waals surface area contributed by atoms with E-state index in [1.807, 2.05) is 0 Å². The summed E-state index contributed by atoms with van der Waals surface area (Å²) in [5, 5.41) is 0. The van der Waals surface area contributed by atoms with E-state index in [1.54, 1.807) is 0 Å². The highest BCUT2D eigenvalue weighted by molar-refractivity contribution is 6.56. The van der Waals surface area contributed by atoms with E-state index in [-0.39, 0.29) is 0 Å². The van der Waals surface area contributed by atoms with Gasteiger partial charge in [-0.25, -0.2) is 4.39 Å². The van der Waals surface area contributed by atoms with Gasteiger partial charge < -0.3 is 0 Å². The van der Waals surface area contributed by atoms with Crippen LogP contribution in [0.4, 0.5) is 4.39 Å². The van der Waals surface area contributed by atoms with Gasteiger partial charge in [-0.05, 0) is 0 Å². The molecule has 0 nitrogen and oxygen atoms in total. The lowest BCUT2D eigenvalue weighted by Crippen LogP contribution is -2.03. The lowest BCUT2D eigenvalue weighted by atomic mass is 10.9. The van der Waals surface area contributed by atoms with Crippen LogP contribution in [0.3, 0.4) is 0 Å². The average Bonchev–Trinajstić information content (AvgIpc) is 1.87. The SMILES string of the molecule is ClC(Cl)C(Cl)Cl.FC(Cl)(Cl)CCl. The second kappa shape index (κ2) is 8.28. The summed E-state index contributed by atoms with van der Waals surface area (Å²) in [6.07, 6.45) is 0. The van der Waals surface area contributed by atoms with Crippen molar-refractivity contribution in [2.24, 2.45) is 0 Å². The molecule has 0 aliphatic carbocycles. The second-order valence-corrected chi connectivity index (χ2v) is 5.40. The third-order valence-corrected chi connectivity index (χ3v) is 2.77. The van der Waals surface area contributed by atoms with Gasteiger partial charge in [0.25, 0.3) is 4.59 Å². The molecule has 12 heavy (non-hydrogen) atoms. The van der Waals surface area contributed by atoms with Gasteiger partial charge in [-0.2, -0.15) is 0 Å². The molecule has 8 heteroatoms. The second-order valence-electron chi connectivity index (χ2n) is 1.42. The number of rotatable bonds is 2. The Morgan fingerprint density at radius 3 is 1.17 bits per heavy atom. The van der Waals surface area contributed by atoms with Gasteiger partial charge in [0.1, 0.15) is 9.67 Å².